The average molecular weight is 309 g/mol. The van der Waals surface area contributed by atoms with Crippen LogP contribution in [0.15, 0.2) is 23.1 Å². The standard InChI is InChI=1S/C16H24N2S2/c1-11-7-9-12(10-8-11)18(2)13-5-4-6-14(20-3)15(13)16(17)19/h4-6,11-12H,7-10H2,1-3H3,(H2,17,19). The molecule has 2 rings (SSSR count). The van der Waals surface area contributed by atoms with E-state index in [0.29, 0.717) is 11.0 Å². The largest absolute Gasteiger partial charge is 0.389 e. The van der Waals surface area contributed by atoms with Crippen LogP contribution in [0.1, 0.15) is 38.2 Å². The van der Waals surface area contributed by atoms with Gasteiger partial charge in [-0.15, -0.1) is 11.8 Å². The van der Waals surface area contributed by atoms with Crippen molar-refractivity contribution >= 4 is 34.7 Å². The zero-order chi connectivity index (χ0) is 14.7. The molecule has 110 valence electrons. The molecule has 1 aromatic carbocycles. The van der Waals surface area contributed by atoms with Gasteiger partial charge in [0.05, 0.1) is 0 Å². The van der Waals surface area contributed by atoms with Crippen molar-refractivity contribution in [2.75, 3.05) is 18.2 Å². The summed E-state index contributed by atoms with van der Waals surface area (Å²) in [6, 6.07) is 6.95. The van der Waals surface area contributed by atoms with E-state index in [9.17, 15) is 0 Å². The third-order valence-electron chi connectivity index (χ3n) is 4.38. The summed E-state index contributed by atoms with van der Waals surface area (Å²) in [6.45, 7) is 2.35. The van der Waals surface area contributed by atoms with Gasteiger partial charge in [0.15, 0.2) is 0 Å². The summed E-state index contributed by atoms with van der Waals surface area (Å²) in [5.74, 6) is 0.868. The Kier molecular flexibility index (Phi) is 5.33. The number of hydrogen-bond donors (Lipinski definition) is 1. The molecule has 0 bridgehead atoms. The molecule has 0 spiro atoms. The molecule has 1 aliphatic rings. The van der Waals surface area contributed by atoms with Gasteiger partial charge in [0.2, 0.25) is 0 Å². The van der Waals surface area contributed by atoms with Gasteiger partial charge >= 0.3 is 0 Å². The van der Waals surface area contributed by atoms with Crippen LogP contribution in [0.5, 0.6) is 0 Å². The fourth-order valence-corrected chi connectivity index (χ4v) is 3.97. The molecule has 0 aromatic heterocycles. The number of hydrogen-bond acceptors (Lipinski definition) is 3. The first-order valence-corrected chi connectivity index (χ1v) is 8.87. The summed E-state index contributed by atoms with van der Waals surface area (Å²) in [7, 11) is 2.18. The van der Waals surface area contributed by atoms with Gasteiger partial charge in [-0.1, -0.05) is 25.2 Å². The Morgan fingerprint density at radius 3 is 2.50 bits per heavy atom. The highest BCUT2D eigenvalue weighted by Crippen LogP contribution is 2.34. The Labute approximate surface area is 132 Å². The van der Waals surface area contributed by atoms with Gasteiger partial charge in [-0.3, -0.25) is 0 Å². The molecule has 0 saturated heterocycles. The van der Waals surface area contributed by atoms with E-state index in [1.54, 1.807) is 11.8 Å². The lowest BCUT2D eigenvalue weighted by Crippen LogP contribution is -2.36. The van der Waals surface area contributed by atoms with E-state index in [4.69, 9.17) is 18.0 Å². The van der Waals surface area contributed by atoms with E-state index in [1.807, 2.05) is 0 Å². The normalized spacial score (nSPS) is 22.6. The molecule has 0 heterocycles. The van der Waals surface area contributed by atoms with Gasteiger partial charge in [-0.05, 0) is 50.0 Å². The fraction of sp³-hybridized carbons (Fsp3) is 0.562. The maximum absolute atomic E-state index is 5.97. The minimum Gasteiger partial charge on any atom is -0.389 e. The molecule has 1 aliphatic carbocycles. The predicted octanol–water partition coefficient (Wildman–Crippen LogP) is 4.06. The van der Waals surface area contributed by atoms with Crippen molar-refractivity contribution in [3.05, 3.63) is 23.8 Å². The summed E-state index contributed by atoms with van der Waals surface area (Å²) in [5, 5.41) is 0. The van der Waals surface area contributed by atoms with Crippen LogP contribution >= 0.6 is 24.0 Å². The van der Waals surface area contributed by atoms with Crippen LogP contribution in [0.4, 0.5) is 5.69 Å². The maximum atomic E-state index is 5.97. The van der Waals surface area contributed by atoms with Crippen molar-refractivity contribution in [1.29, 1.82) is 0 Å². The van der Waals surface area contributed by atoms with E-state index < -0.39 is 0 Å². The Morgan fingerprint density at radius 2 is 1.95 bits per heavy atom. The van der Waals surface area contributed by atoms with Gasteiger partial charge in [-0.25, -0.2) is 0 Å². The lowest BCUT2D eigenvalue weighted by molar-refractivity contribution is 0.340. The van der Waals surface area contributed by atoms with E-state index >= 15 is 0 Å². The second-order valence-electron chi connectivity index (χ2n) is 5.74. The Bertz CT molecular complexity index is 479. The molecule has 2 N–H and O–H groups in total. The zero-order valence-electron chi connectivity index (χ0n) is 12.6. The molecule has 4 heteroatoms. The third kappa shape index (κ3) is 3.29. The predicted molar refractivity (Wildman–Crippen MR) is 93.9 cm³/mol. The van der Waals surface area contributed by atoms with Crippen LogP contribution in [0.3, 0.4) is 0 Å². The zero-order valence-corrected chi connectivity index (χ0v) is 14.2. The van der Waals surface area contributed by atoms with Crippen molar-refractivity contribution in [1.82, 2.24) is 0 Å². The molecule has 0 unspecified atom stereocenters. The van der Waals surface area contributed by atoms with Gasteiger partial charge in [-0.2, -0.15) is 0 Å². The van der Waals surface area contributed by atoms with E-state index in [2.05, 4.69) is 43.3 Å². The monoisotopic (exact) mass is 308 g/mol. The summed E-state index contributed by atoms with van der Waals surface area (Å²) in [6.07, 6.45) is 7.23. The number of thioether (sulfide) groups is 1. The summed E-state index contributed by atoms with van der Waals surface area (Å²) in [4.78, 5) is 4.06. The summed E-state index contributed by atoms with van der Waals surface area (Å²) >= 11 is 6.99. The van der Waals surface area contributed by atoms with Crippen molar-refractivity contribution in [2.24, 2.45) is 11.7 Å². The minimum absolute atomic E-state index is 0.501. The van der Waals surface area contributed by atoms with Gasteiger partial charge in [0.25, 0.3) is 0 Å². The molecule has 1 fully saturated rings. The molecule has 20 heavy (non-hydrogen) atoms. The quantitative estimate of drug-likeness (QED) is 0.671. The molecule has 0 radical (unpaired) electrons. The lowest BCUT2D eigenvalue weighted by Gasteiger charge is -2.36. The topological polar surface area (TPSA) is 29.3 Å². The number of thiocarbonyl (C=S) groups is 1. The highest BCUT2D eigenvalue weighted by Gasteiger charge is 2.24. The second kappa shape index (κ2) is 6.81. The Hall–Kier alpha value is -0.740. The molecular weight excluding hydrogens is 284 g/mol. The van der Waals surface area contributed by atoms with Crippen molar-refractivity contribution in [2.45, 2.75) is 43.5 Å². The molecule has 0 aliphatic heterocycles. The smallest absolute Gasteiger partial charge is 0.107 e. The number of nitrogens with two attached hydrogens (primary N) is 1. The fourth-order valence-electron chi connectivity index (χ4n) is 3.06. The number of nitrogens with zero attached hydrogens (tertiary/aromatic N) is 1. The van der Waals surface area contributed by atoms with Crippen molar-refractivity contribution in [3.8, 4) is 0 Å². The Balaban J connectivity index is 2.29. The highest BCUT2D eigenvalue weighted by atomic mass is 32.2. The van der Waals surface area contributed by atoms with Crippen molar-refractivity contribution < 1.29 is 0 Å². The number of benzene rings is 1. The number of anilines is 1. The molecule has 2 nitrogen and oxygen atoms in total. The van der Waals surface area contributed by atoms with Gasteiger partial charge in [0, 0.05) is 29.2 Å². The molecule has 1 saturated carbocycles. The molecule has 0 amide bonds. The van der Waals surface area contributed by atoms with Crippen LogP contribution < -0.4 is 10.6 Å². The lowest BCUT2D eigenvalue weighted by atomic mass is 9.86. The number of rotatable bonds is 4. The van der Waals surface area contributed by atoms with Crippen LogP contribution in [-0.2, 0) is 0 Å². The first-order valence-electron chi connectivity index (χ1n) is 7.24. The van der Waals surface area contributed by atoms with Crippen LogP contribution in [0, 0.1) is 5.92 Å². The third-order valence-corrected chi connectivity index (χ3v) is 5.37. The maximum Gasteiger partial charge on any atom is 0.107 e. The summed E-state index contributed by atoms with van der Waals surface area (Å²) in [5.41, 5.74) is 8.19. The van der Waals surface area contributed by atoms with Crippen LogP contribution in [-0.4, -0.2) is 24.3 Å². The minimum atomic E-state index is 0.501. The van der Waals surface area contributed by atoms with E-state index in [1.165, 1.54) is 36.3 Å². The van der Waals surface area contributed by atoms with Crippen LogP contribution in [0.25, 0.3) is 0 Å². The van der Waals surface area contributed by atoms with E-state index in [-0.39, 0.29) is 0 Å². The Morgan fingerprint density at radius 1 is 1.30 bits per heavy atom. The van der Waals surface area contributed by atoms with Gasteiger partial charge < -0.3 is 10.6 Å². The first-order chi connectivity index (χ1) is 9.54. The molecular formula is C16H24N2S2. The molecule has 1 aromatic rings. The van der Waals surface area contributed by atoms with E-state index in [0.717, 1.165) is 11.5 Å². The molecule has 0 atom stereocenters. The first kappa shape index (κ1) is 15.6. The second-order valence-corrected chi connectivity index (χ2v) is 7.03. The van der Waals surface area contributed by atoms with Crippen LogP contribution in [0.2, 0.25) is 0 Å². The summed E-state index contributed by atoms with van der Waals surface area (Å²) < 4.78 is 0. The van der Waals surface area contributed by atoms with Crippen molar-refractivity contribution in [3.63, 3.8) is 0 Å². The SMILES string of the molecule is CSc1cccc(N(C)C2CCC(C)CC2)c1C(N)=S. The highest BCUT2D eigenvalue weighted by molar-refractivity contribution is 7.98. The average Bonchev–Trinajstić information content (AvgIpc) is 2.46. The van der Waals surface area contributed by atoms with Gasteiger partial charge in [0.1, 0.15) is 4.99 Å².